The third-order valence-electron chi connectivity index (χ3n) is 6.58. The highest BCUT2D eigenvalue weighted by molar-refractivity contribution is 5.90. The minimum atomic E-state index is -1.01. The molecular formula is C25H28N2O5. The summed E-state index contributed by atoms with van der Waals surface area (Å²) in [4.78, 5) is 38.5. The molecule has 2 N–H and O–H groups in total. The molecule has 2 aromatic carbocycles. The first-order chi connectivity index (χ1) is 15.4. The minimum Gasteiger partial charge on any atom is -0.480 e. The fraction of sp³-hybridized carbons (Fsp3) is 0.400. The van der Waals surface area contributed by atoms with Crippen LogP contribution in [0.1, 0.15) is 43.7 Å². The van der Waals surface area contributed by atoms with Gasteiger partial charge in [-0.1, -0.05) is 62.4 Å². The van der Waals surface area contributed by atoms with Gasteiger partial charge in [0.25, 0.3) is 0 Å². The average Bonchev–Trinajstić information content (AvgIpc) is 3.34. The van der Waals surface area contributed by atoms with E-state index < -0.39 is 24.1 Å². The molecule has 7 nitrogen and oxygen atoms in total. The van der Waals surface area contributed by atoms with E-state index >= 15 is 0 Å². The van der Waals surface area contributed by atoms with Gasteiger partial charge >= 0.3 is 12.1 Å². The van der Waals surface area contributed by atoms with Crippen LogP contribution < -0.4 is 5.32 Å². The zero-order valence-electron chi connectivity index (χ0n) is 18.3. The molecule has 32 heavy (non-hydrogen) atoms. The Kier molecular flexibility index (Phi) is 6.17. The van der Waals surface area contributed by atoms with Gasteiger partial charge in [-0.25, -0.2) is 9.59 Å². The maximum atomic E-state index is 13.0. The van der Waals surface area contributed by atoms with Crippen molar-refractivity contribution in [2.75, 3.05) is 13.2 Å². The van der Waals surface area contributed by atoms with Crippen molar-refractivity contribution in [1.29, 1.82) is 0 Å². The Labute approximate surface area is 187 Å². The number of nitrogens with zero attached hydrogens (tertiary/aromatic N) is 1. The quantitative estimate of drug-likeness (QED) is 0.721. The molecule has 1 heterocycles. The van der Waals surface area contributed by atoms with E-state index in [1.54, 1.807) is 6.92 Å². The van der Waals surface area contributed by atoms with Crippen LogP contribution in [0.5, 0.6) is 0 Å². The van der Waals surface area contributed by atoms with Gasteiger partial charge in [0.15, 0.2) is 0 Å². The maximum absolute atomic E-state index is 13.0. The molecule has 7 heteroatoms. The molecule has 3 unspecified atom stereocenters. The number of rotatable bonds is 6. The third-order valence-corrected chi connectivity index (χ3v) is 6.58. The van der Waals surface area contributed by atoms with Crippen molar-refractivity contribution in [2.24, 2.45) is 5.92 Å². The lowest BCUT2D eigenvalue weighted by Crippen LogP contribution is -2.52. The third kappa shape index (κ3) is 3.95. The predicted octanol–water partition coefficient (Wildman–Crippen LogP) is 3.63. The summed E-state index contributed by atoms with van der Waals surface area (Å²) < 4.78 is 5.54. The maximum Gasteiger partial charge on any atom is 0.407 e. The molecule has 1 fully saturated rings. The number of alkyl carbamates (subject to hydrolysis) is 1. The van der Waals surface area contributed by atoms with E-state index in [4.69, 9.17) is 4.74 Å². The van der Waals surface area contributed by atoms with E-state index in [2.05, 4.69) is 17.4 Å². The molecule has 1 aliphatic carbocycles. The van der Waals surface area contributed by atoms with Crippen molar-refractivity contribution in [2.45, 2.75) is 44.7 Å². The van der Waals surface area contributed by atoms with Crippen molar-refractivity contribution < 1.29 is 24.2 Å². The van der Waals surface area contributed by atoms with Crippen LogP contribution in [-0.4, -0.2) is 53.2 Å². The molecule has 2 aromatic rings. The van der Waals surface area contributed by atoms with Gasteiger partial charge in [0.1, 0.15) is 18.7 Å². The Morgan fingerprint density at radius 3 is 2.25 bits per heavy atom. The number of ether oxygens (including phenoxy) is 1. The fourth-order valence-electron chi connectivity index (χ4n) is 4.89. The van der Waals surface area contributed by atoms with Crippen LogP contribution in [-0.2, 0) is 14.3 Å². The van der Waals surface area contributed by atoms with Crippen LogP contribution in [0.25, 0.3) is 11.1 Å². The molecular weight excluding hydrogens is 408 g/mol. The van der Waals surface area contributed by atoms with E-state index in [1.807, 2.05) is 43.3 Å². The second-order valence-electron chi connectivity index (χ2n) is 8.51. The molecule has 2 aliphatic rings. The molecule has 0 saturated carbocycles. The fourth-order valence-corrected chi connectivity index (χ4v) is 4.89. The molecule has 2 amide bonds. The zero-order chi connectivity index (χ0) is 22.8. The summed E-state index contributed by atoms with van der Waals surface area (Å²) in [5.74, 6) is -1.58. The largest absolute Gasteiger partial charge is 0.480 e. The van der Waals surface area contributed by atoms with Crippen molar-refractivity contribution in [1.82, 2.24) is 10.2 Å². The summed E-state index contributed by atoms with van der Waals surface area (Å²) in [6.45, 7) is 4.14. The van der Waals surface area contributed by atoms with Crippen LogP contribution in [0.15, 0.2) is 48.5 Å². The topological polar surface area (TPSA) is 95.9 Å². The van der Waals surface area contributed by atoms with Gasteiger partial charge in [0, 0.05) is 12.5 Å². The Morgan fingerprint density at radius 1 is 1.09 bits per heavy atom. The summed E-state index contributed by atoms with van der Waals surface area (Å²) in [7, 11) is 0. The number of carboxylic acids is 1. The SMILES string of the molecule is CCC(NC(=O)OCC1c2ccccc2-c2ccccc21)C(=O)N1CCC(C)C1C(=O)O. The summed E-state index contributed by atoms with van der Waals surface area (Å²) in [6, 6.07) is 14.5. The van der Waals surface area contributed by atoms with Crippen LogP contribution >= 0.6 is 0 Å². The van der Waals surface area contributed by atoms with Crippen molar-refractivity contribution in [3.05, 3.63) is 59.7 Å². The molecule has 0 bridgehead atoms. The Balaban J connectivity index is 1.41. The minimum absolute atomic E-state index is 0.0697. The standard InChI is InChI=1S/C25H28N2O5/c1-3-21(23(28)27-13-12-15(2)22(27)24(29)30)26-25(31)32-14-20-18-10-6-4-8-16(18)17-9-5-7-11-19(17)20/h4-11,15,20-22H,3,12-14H2,1-2H3,(H,26,31)(H,29,30). The summed E-state index contributed by atoms with van der Waals surface area (Å²) in [6.07, 6.45) is 0.302. The first-order valence-electron chi connectivity index (χ1n) is 11.1. The molecule has 168 valence electrons. The van der Waals surface area contributed by atoms with Crippen molar-refractivity contribution in [3.8, 4) is 11.1 Å². The Hall–Kier alpha value is -3.35. The highest BCUT2D eigenvalue weighted by atomic mass is 16.5. The Morgan fingerprint density at radius 2 is 1.69 bits per heavy atom. The molecule has 1 aliphatic heterocycles. The van der Waals surface area contributed by atoms with Gasteiger partial charge in [0.05, 0.1) is 0 Å². The van der Waals surface area contributed by atoms with Crippen molar-refractivity contribution >= 4 is 18.0 Å². The number of fused-ring (bicyclic) bond motifs is 3. The van der Waals surface area contributed by atoms with E-state index in [0.717, 1.165) is 22.3 Å². The number of carboxylic acid groups (broad SMARTS) is 1. The second-order valence-corrected chi connectivity index (χ2v) is 8.51. The molecule has 3 atom stereocenters. The number of aliphatic carboxylic acids is 1. The van der Waals surface area contributed by atoms with Crippen LogP contribution in [0.4, 0.5) is 4.79 Å². The van der Waals surface area contributed by atoms with Gasteiger partial charge in [-0.2, -0.15) is 0 Å². The highest BCUT2D eigenvalue weighted by Gasteiger charge is 2.41. The Bertz CT molecular complexity index is 991. The predicted molar refractivity (Wildman–Crippen MR) is 119 cm³/mol. The number of carbonyl (C=O) groups excluding carboxylic acids is 2. The number of likely N-dealkylation sites (tertiary alicyclic amines) is 1. The first kappa shape index (κ1) is 21.9. The number of hydrogen-bond donors (Lipinski definition) is 2. The monoisotopic (exact) mass is 436 g/mol. The van der Waals surface area contributed by atoms with E-state index in [-0.39, 0.29) is 24.3 Å². The number of nitrogens with one attached hydrogen (secondary N) is 1. The molecule has 1 saturated heterocycles. The van der Waals surface area contributed by atoms with Gasteiger partial charge in [0.2, 0.25) is 5.91 Å². The van der Waals surface area contributed by atoms with E-state index in [9.17, 15) is 19.5 Å². The van der Waals surface area contributed by atoms with Crippen LogP contribution in [0, 0.1) is 5.92 Å². The van der Waals surface area contributed by atoms with Crippen molar-refractivity contribution in [3.63, 3.8) is 0 Å². The first-order valence-corrected chi connectivity index (χ1v) is 11.1. The van der Waals surface area contributed by atoms with Gasteiger partial charge in [-0.15, -0.1) is 0 Å². The van der Waals surface area contributed by atoms with Gasteiger partial charge in [-0.05, 0) is 41.0 Å². The average molecular weight is 437 g/mol. The second kappa shape index (κ2) is 9.02. The van der Waals surface area contributed by atoms with E-state index in [1.165, 1.54) is 4.90 Å². The van der Waals surface area contributed by atoms with E-state index in [0.29, 0.717) is 19.4 Å². The van der Waals surface area contributed by atoms with Crippen LogP contribution in [0.2, 0.25) is 0 Å². The number of benzene rings is 2. The molecule has 0 spiro atoms. The van der Waals surface area contributed by atoms with Gasteiger partial charge < -0.3 is 20.1 Å². The molecule has 0 aromatic heterocycles. The smallest absolute Gasteiger partial charge is 0.407 e. The molecule has 0 radical (unpaired) electrons. The summed E-state index contributed by atoms with van der Waals surface area (Å²) >= 11 is 0. The lowest BCUT2D eigenvalue weighted by molar-refractivity contribution is -0.150. The van der Waals surface area contributed by atoms with Crippen LogP contribution in [0.3, 0.4) is 0 Å². The molecule has 4 rings (SSSR count). The zero-order valence-corrected chi connectivity index (χ0v) is 18.3. The number of amides is 2. The lowest BCUT2D eigenvalue weighted by Gasteiger charge is -2.27. The van der Waals surface area contributed by atoms with Gasteiger partial charge in [-0.3, -0.25) is 4.79 Å². The summed E-state index contributed by atoms with van der Waals surface area (Å²) in [5, 5.41) is 12.1. The number of carbonyl (C=O) groups is 3. The summed E-state index contributed by atoms with van der Waals surface area (Å²) in [5.41, 5.74) is 4.50. The highest BCUT2D eigenvalue weighted by Crippen LogP contribution is 2.44. The number of hydrogen-bond acceptors (Lipinski definition) is 4. The lowest BCUT2D eigenvalue weighted by atomic mass is 9.98. The normalized spacial score (nSPS) is 20.4.